The van der Waals surface area contributed by atoms with Gasteiger partial charge >= 0.3 is 12.1 Å². The van der Waals surface area contributed by atoms with Crippen LogP contribution in [0, 0.1) is 0 Å². The SMILES string of the molecule is O=C(O)CNCCNC(=O)OCC1c2ccccc2-c2ccccc21.[V]. The number of carboxylic acid groups (broad SMARTS) is 1. The van der Waals surface area contributed by atoms with Crippen molar-refractivity contribution in [2.24, 2.45) is 0 Å². The number of fused-ring (bicyclic) bond motifs is 3. The molecule has 0 aliphatic heterocycles. The first-order valence-corrected chi connectivity index (χ1v) is 8.18. The van der Waals surface area contributed by atoms with Crippen LogP contribution in [-0.2, 0) is 28.1 Å². The number of hydrogen-bond acceptors (Lipinski definition) is 4. The van der Waals surface area contributed by atoms with E-state index in [2.05, 4.69) is 34.9 Å². The number of carbonyl (C=O) groups is 2. The largest absolute Gasteiger partial charge is 0.480 e. The average molecular weight is 391 g/mol. The van der Waals surface area contributed by atoms with Crippen molar-refractivity contribution >= 4 is 12.1 Å². The Kier molecular flexibility index (Phi) is 7.27. The molecule has 2 aromatic rings. The van der Waals surface area contributed by atoms with E-state index in [0.29, 0.717) is 13.1 Å². The number of alkyl carbamates (subject to hydrolysis) is 1. The molecule has 2 aromatic carbocycles. The molecular weight excluding hydrogens is 371 g/mol. The minimum Gasteiger partial charge on any atom is -0.480 e. The van der Waals surface area contributed by atoms with Crippen molar-refractivity contribution in [1.29, 1.82) is 0 Å². The van der Waals surface area contributed by atoms with Crippen molar-refractivity contribution in [3.05, 3.63) is 59.7 Å². The number of benzene rings is 2. The van der Waals surface area contributed by atoms with Crippen molar-refractivity contribution in [3.63, 3.8) is 0 Å². The van der Waals surface area contributed by atoms with Gasteiger partial charge in [0, 0.05) is 37.6 Å². The molecule has 1 aliphatic carbocycles. The van der Waals surface area contributed by atoms with Gasteiger partial charge in [0.15, 0.2) is 0 Å². The predicted octanol–water partition coefficient (Wildman–Crippen LogP) is 2.20. The maximum Gasteiger partial charge on any atom is 0.407 e. The molecule has 0 atom stereocenters. The van der Waals surface area contributed by atoms with Gasteiger partial charge in [-0.2, -0.15) is 0 Å². The molecule has 0 fully saturated rings. The summed E-state index contributed by atoms with van der Waals surface area (Å²) in [5.74, 6) is -0.899. The quantitative estimate of drug-likeness (QED) is 0.630. The van der Waals surface area contributed by atoms with E-state index in [0.717, 1.165) is 0 Å². The van der Waals surface area contributed by atoms with Crippen LogP contribution in [-0.4, -0.2) is 43.4 Å². The van der Waals surface area contributed by atoms with E-state index >= 15 is 0 Å². The van der Waals surface area contributed by atoms with Gasteiger partial charge in [0.05, 0.1) is 6.54 Å². The number of ether oxygens (including phenoxy) is 1. The van der Waals surface area contributed by atoms with Gasteiger partial charge in [0.1, 0.15) is 6.61 Å². The first-order valence-electron chi connectivity index (χ1n) is 8.18. The third-order valence-electron chi connectivity index (χ3n) is 4.19. The number of aliphatic carboxylic acids is 1. The van der Waals surface area contributed by atoms with Crippen LogP contribution in [0.4, 0.5) is 4.79 Å². The Labute approximate surface area is 163 Å². The first-order chi connectivity index (χ1) is 12.2. The number of hydrogen-bond donors (Lipinski definition) is 3. The summed E-state index contributed by atoms with van der Waals surface area (Å²) in [7, 11) is 0. The standard InChI is InChI=1S/C19H20N2O4.V/c22-18(23)11-20-9-10-21-19(24)25-12-17-15-7-3-1-5-13(15)14-6-2-4-8-16(14)17;/h1-8,17,20H,9-12H2,(H,21,24)(H,22,23);. The van der Waals surface area contributed by atoms with Gasteiger partial charge in [-0.15, -0.1) is 0 Å². The Bertz CT molecular complexity index is 736. The van der Waals surface area contributed by atoms with Crippen LogP contribution in [0.1, 0.15) is 17.0 Å². The summed E-state index contributed by atoms with van der Waals surface area (Å²) in [4.78, 5) is 22.2. The fraction of sp³-hybridized carbons (Fsp3) is 0.263. The van der Waals surface area contributed by atoms with E-state index in [-0.39, 0.29) is 37.6 Å². The van der Waals surface area contributed by atoms with Crippen LogP contribution in [0.25, 0.3) is 11.1 Å². The molecular formula is C19H20N2O4V. The number of rotatable bonds is 7. The molecule has 26 heavy (non-hydrogen) atoms. The molecule has 1 amide bonds. The zero-order valence-electron chi connectivity index (χ0n) is 14.1. The van der Waals surface area contributed by atoms with E-state index in [1.807, 2.05) is 24.3 Å². The number of amides is 1. The molecule has 0 spiro atoms. The van der Waals surface area contributed by atoms with Gasteiger partial charge in [-0.1, -0.05) is 48.5 Å². The number of carboxylic acids is 1. The molecule has 135 valence electrons. The Hall–Kier alpha value is -2.28. The van der Waals surface area contributed by atoms with Crippen LogP contribution in [0.15, 0.2) is 48.5 Å². The Morgan fingerprint density at radius 2 is 1.54 bits per heavy atom. The molecule has 1 aliphatic rings. The third kappa shape index (κ3) is 4.66. The molecule has 0 heterocycles. The predicted molar refractivity (Wildman–Crippen MR) is 93.6 cm³/mol. The molecule has 3 rings (SSSR count). The van der Waals surface area contributed by atoms with E-state index in [1.54, 1.807) is 0 Å². The second-order valence-electron chi connectivity index (χ2n) is 5.82. The fourth-order valence-corrected chi connectivity index (χ4v) is 3.10. The number of carbonyl (C=O) groups excluding carboxylic acids is 1. The van der Waals surface area contributed by atoms with Crippen LogP contribution in [0.5, 0.6) is 0 Å². The zero-order chi connectivity index (χ0) is 17.6. The van der Waals surface area contributed by atoms with Gasteiger partial charge in [0.2, 0.25) is 0 Å². The second kappa shape index (κ2) is 9.43. The normalized spacial score (nSPS) is 11.8. The molecule has 0 unspecified atom stereocenters. The molecule has 0 saturated heterocycles. The molecule has 7 heteroatoms. The molecule has 6 nitrogen and oxygen atoms in total. The van der Waals surface area contributed by atoms with Gasteiger partial charge in [0.25, 0.3) is 0 Å². The zero-order valence-corrected chi connectivity index (χ0v) is 15.5. The smallest absolute Gasteiger partial charge is 0.407 e. The van der Waals surface area contributed by atoms with E-state index < -0.39 is 12.1 Å². The van der Waals surface area contributed by atoms with Crippen LogP contribution < -0.4 is 10.6 Å². The Morgan fingerprint density at radius 1 is 0.962 bits per heavy atom. The van der Waals surface area contributed by atoms with Crippen molar-refractivity contribution in [2.45, 2.75) is 5.92 Å². The summed E-state index contributed by atoms with van der Waals surface area (Å²) >= 11 is 0. The average Bonchev–Trinajstić information content (AvgIpc) is 2.93. The molecule has 3 N–H and O–H groups in total. The van der Waals surface area contributed by atoms with E-state index in [9.17, 15) is 9.59 Å². The minimum atomic E-state index is -0.929. The molecule has 0 aromatic heterocycles. The fourth-order valence-electron chi connectivity index (χ4n) is 3.10. The van der Waals surface area contributed by atoms with Crippen LogP contribution >= 0.6 is 0 Å². The summed E-state index contributed by atoms with van der Waals surface area (Å²) in [6.45, 7) is 0.815. The number of nitrogens with one attached hydrogen (secondary N) is 2. The maximum atomic E-state index is 11.8. The summed E-state index contributed by atoms with van der Waals surface area (Å²) in [5.41, 5.74) is 4.70. The van der Waals surface area contributed by atoms with Crippen molar-refractivity contribution < 1.29 is 38.0 Å². The van der Waals surface area contributed by atoms with E-state index in [4.69, 9.17) is 9.84 Å². The maximum absolute atomic E-state index is 11.8. The summed E-state index contributed by atoms with van der Waals surface area (Å²) in [6, 6.07) is 16.3. The van der Waals surface area contributed by atoms with Crippen LogP contribution in [0.2, 0.25) is 0 Å². The first kappa shape index (κ1) is 20.0. The van der Waals surface area contributed by atoms with Crippen molar-refractivity contribution in [1.82, 2.24) is 10.6 Å². The van der Waals surface area contributed by atoms with Crippen LogP contribution in [0.3, 0.4) is 0 Å². The summed E-state index contributed by atoms with van der Waals surface area (Å²) in [5, 5.41) is 13.8. The summed E-state index contributed by atoms with van der Waals surface area (Å²) in [6.07, 6.45) is -0.501. The minimum absolute atomic E-state index is 0. The Balaban J connectivity index is 0.00000243. The van der Waals surface area contributed by atoms with Crippen molar-refractivity contribution in [3.8, 4) is 11.1 Å². The monoisotopic (exact) mass is 391 g/mol. The van der Waals surface area contributed by atoms with Gasteiger partial charge < -0.3 is 20.5 Å². The van der Waals surface area contributed by atoms with Gasteiger partial charge in [-0.05, 0) is 22.3 Å². The summed E-state index contributed by atoms with van der Waals surface area (Å²) < 4.78 is 5.37. The Morgan fingerprint density at radius 3 is 2.12 bits per heavy atom. The van der Waals surface area contributed by atoms with Crippen molar-refractivity contribution in [2.75, 3.05) is 26.2 Å². The molecule has 1 radical (unpaired) electrons. The van der Waals surface area contributed by atoms with Gasteiger partial charge in [-0.3, -0.25) is 4.79 Å². The van der Waals surface area contributed by atoms with Gasteiger partial charge in [-0.25, -0.2) is 4.79 Å². The topological polar surface area (TPSA) is 87.7 Å². The third-order valence-corrected chi connectivity index (χ3v) is 4.19. The molecule has 0 bridgehead atoms. The second-order valence-corrected chi connectivity index (χ2v) is 5.82. The molecule has 0 saturated carbocycles. The van der Waals surface area contributed by atoms with E-state index in [1.165, 1.54) is 22.3 Å².